The highest BCUT2D eigenvalue weighted by atomic mass is 35.5. The second kappa shape index (κ2) is 6.33. The zero-order chi connectivity index (χ0) is 12.3. The Hall–Kier alpha value is 0.110. The Labute approximate surface area is 117 Å². The number of halogens is 2. The first-order chi connectivity index (χ1) is 8.16. The van der Waals surface area contributed by atoms with Gasteiger partial charge in [-0.2, -0.15) is 11.8 Å². The largest absolute Gasteiger partial charge is 0.307 e. The van der Waals surface area contributed by atoms with Crippen LogP contribution in [-0.4, -0.2) is 17.5 Å². The van der Waals surface area contributed by atoms with E-state index < -0.39 is 0 Å². The van der Waals surface area contributed by atoms with Crippen molar-refractivity contribution < 1.29 is 0 Å². The van der Waals surface area contributed by atoms with E-state index in [0.29, 0.717) is 22.1 Å². The van der Waals surface area contributed by atoms with Gasteiger partial charge in [-0.05, 0) is 43.2 Å². The molecule has 2 unspecified atom stereocenters. The third-order valence-electron chi connectivity index (χ3n) is 3.09. The van der Waals surface area contributed by atoms with E-state index in [9.17, 15) is 0 Å². The maximum atomic E-state index is 6.04. The highest BCUT2D eigenvalue weighted by molar-refractivity contribution is 7.99. The lowest BCUT2D eigenvalue weighted by Gasteiger charge is -2.26. The van der Waals surface area contributed by atoms with Crippen molar-refractivity contribution in [3.8, 4) is 0 Å². The summed E-state index contributed by atoms with van der Waals surface area (Å²) in [6.45, 7) is 2.18. The molecule has 1 saturated heterocycles. The smallest absolute Gasteiger partial charge is 0.0595 e. The van der Waals surface area contributed by atoms with Gasteiger partial charge in [0.2, 0.25) is 0 Å². The normalized spacial score (nSPS) is 22.4. The van der Waals surface area contributed by atoms with E-state index in [4.69, 9.17) is 23.2 Å². The zero-order valence-corrected chi connectivity index (χ0v) is 12.2. The first-order valence-electron chi connectivity index (χ1n) is 5.95. The molecule has 0 aromatic heterocycles. The molecule has 0 aliphatic carbocycles. The molecule has 4 heteroatoms. The first kappa shape index (κ1) is 13.5. The second-order valence-electron chi connectivity index (χ2n) is 4.48. The summed E-state index contributed by atoms with van der Waals surface area (Å²) in [4.78, 5) is 0. The predicted octanol–water partition coefficient (Wildman–Crippen LogP) is 4.54. The molecule has 1 aromatic rings. The Kier molecular flexibility index (Phi) is 5.04. The SMILES string of the molecule is CC(NC1CCCSC1)c1ccc(Cl)c(Cl)c1. The van der Waals surface area contributed by atoms with Crippen LogP contribution in [0.1, 0.15) is 31.4 Å². The van der Waals surface area contributed by atoms with E-state index in [1.165, 1.54) is 29.9 Å². The minimum atomic E-state index is 0.327. The molecule has 1 nitrogen and oxygen atoms in total. The Morgan fingerprint density at radius 3 is 2.82 bits per heavy atom. The fraction of sp³-hybridized carbons (Fsp3) is 0.538. The lowest BCUT2D eigenvalue weighted by atomic mass is 10.1. The fourth-order valence-corrected chi connectivity index (χ4v) is 3.50. The van der Waals surface area contributed by atoms with Crippen LogP contribution in [0.5, 0.6) is 0 Å². The van der Waals surface area contributed by atoms with Crippen molar-refractivity contribution in [1.82, 2.24) is 5.32 Å². The van der Waals surface area contributed by atoms with Crippen LogP contribution >= 0.6 is 35.0 Å². The molecule has 1 aliphatic heterocycles. The standard InChI is InChI=1S/C13H17Cl2NS/c1-9(16-11-3-2-6-17-8-11)10-4-5-12(14)13(15)7-10/h4-5,7,9,11,16H,2-3,6,8H2,1H3. The Balaban J connectivity index is 1.98. The van der Waals surface area contributed by atoms with Gasteiger partial charge >= 0.3 is 0 Å². The number of benzene rings is 1. The van der Waals surface area contributed by atoms with Crippen LogP contribution in [0.15, 0.2) is 18.2 Å². The van der Waals surface area contributed by atoms with E-state index in [2.05, 4.69) is 12.2 Å². The molecule has 0 saturated carbocycles. The average molecular weight is 290 g/mol. The third kappa shape index (κ3) is 3.78. The Morgan fingerprint density at radius 1 is 1.35 bits per heavy atom. The molecule has 0 bridgehead atoms. The highest BCUT2D eigenvalue weighted by Crippen LogP contribution is 2.26. The van der Waals surface area contributed by atoms with E-state index in [1.54, 1.807) is 0 Å². The number of hydrogen-bond donors (Lipinski definition) is 1. The minimum Gasteiger partial charge on any atom is -0.307 e. The number of hydrogen-bond acceptors (Lipinski definition) is 2. The summed E-state index contributed by atoms with van der Waals surface area (Å²) in [6, 6.07) is 6.82. The fourth-order valence-electron chi connectivity index (χ4n) is 2.10. The molecule has 17 heavy (non-hydrogen) atoms. The summed E-state index contributed by atoms with van der Waals surface area (Å²) >= 11 is 14.0. The van der Waals surface area contributed by atoms with Crippen LogP contribution in [0.2, 0.25) is 10.0 Å². The number of rotatable bonds is 3. The molecule has 1 aromatic carbocycles. The Bertz CT molecular complexity index is 378. The maximum Gasteiger partial charge on any atom is 0.0595 e. The van der Waals surface area contributed by atoms with Gasteiger partial charge in [0, 0.05) is 17.8 Å². The summed E-state index contributed by atoms with van der Waals surface area (Å²) in [5, 5.41) is 4.92. The van der Waals surface area contributed by atoms with Gasteiger partial charge in [-0.25, -0.2) is 0 Å². The number of nitrogens with one attached hydrogen (secondary N) is 1. The van der Waals surface area contributed by atoms with Crippen molar-refractivity contribution in [2.75, 3.05) is 11.5 Å². The molecule has 1 fully saturated rings. The van der Waals surface area contributed by atoms with Crippen LogP contribution in [-0.2, 0) is 0 Å². The molecular formula is C13H17Cl2NS. The van der Waals surface area contributed by atoms with Crippen LogP contribution in [0.4, 0.5) is 0 Å². The summed E-state index contributed by atoms with van der Waals surface area (Å²) in [7, 11) is 0. The summed E-state index contributed by atoms with van der Waals surface area (Å²) in [6.07, 6.45) is 2.59. The molecule has 1 N–H and O–H groups in total. The van der Waals surface area contributed by atoms with Gasteiger partial charge in [0.25, 0.3) is 0 Å². The quantitative estimate of drug-likeness (QED) is 0.877. The lowest BCUT2D eigenvalue weighted by molar-refractivity contribution is 0.453. The maximum absolute atomic E-state index is 6.04. The molecule has 0 spiro atoms. The van der Waals surface area contributed by atoms with Gasteiger partial charge in [0.15, 0.2) is 0 Å². The van der Waals surface area contributed by atoms with Gasteiger partial charge in [-0.1, -0.05) is 29.3 Å². The van der Waals surface area contributed by atoms with E-state index in [1.807, 2.05) is 30.0 Å². The van der Waals surface area contributed by atoms with Crippen molar-refractivity contribution in [2.24, 2.45) is 0 Å². The molecule has 1 heterocycles. The van der Waals surface area contributed by atoms with E-state index in [-0.39, 0.29) is 0 Å². The van der Waals surface area contributed by atoms with Crippen molar-refractivity contribution in [3.63, 3.8) is 0 Å². The van der Waals surface area contributed by atoms with Gasteiger partial charge in [0.1, 0.15) is 0 Å². The monoisotopic (exact) mass is 289 g/mol. The van der Waals surface area contributed by atoms with Crippen LogP contribution < -0.4 is 5.32 Å². The van der Waals surface area contributed by atoms with Crippen LogP contribution in [0.3, 0.4) is 0 Å². The minimum absolute atomic E-state index is 0.327. The van der Waals surface area contributed by atoms with Crippen molar-refractivity contribution in [2.45, 2.75) is 31.8 Å². The highest BCUT2D eigenvalue weighted by Gasteiger charge is 2.16. The number of thioether (sulfide) groups is 1. The summed E-state index contributed by atoms with van der Waals surface area (Å²) < 4.78 is 0. The topological polar surface area (TPSA) is 12.0 Å². The van der Waals surface area contributed by atoms with E-state index >= 15 is 0 Å². The van der Waals surface area contributed by atoms with Crippen LogP contribution in [0, 0.1) is 0 Å². The van der Waals surface area contributed by atoms with E-state index in [0.717, 1.165) is 0 Å². The van der Waals surface area contributed by atoms with Crippen molar-refractivity contribution in [3.05, 3.63) is 33.8 Å². The molecule has 2 atom stereocenters. The van der Waals surface area contributed by atoms with Crippen molar-refractivity contribution in [1.29, 1.82) is 0 Å². The van der Waals surface area contributed by atoms with Gasteiger partial charge in [-0.15, -0.1) is 0 Å². The predicted molar refractivity (Wildman–Crippen MR) is 78.4 cm³/mol. The summed E-state index contributed by atoms with van der Waals surface area (Å²) in [5.41, 5.74) is 1.20. The first-order valence-corrected chi connectivity index (χ1v) is 7.86. The zero-order valence-electron chi connectivity index (χ0n) is 9.88. The van der Waals surface area contributed by atoms with Gasteiger partial charge in [0.05, 0.1) is 10.0 Å². The molecule has 0 amide bonds. The van der Waals surface area contributed by atoms with Gasteiger partial charge in [-0.3, -0.25) is 0 Å². The second-order valence-corrected chi connectivity index (χ2v) is 6.44. The summed E-state index contributed by atoms with van der Waals surface area (Å²) in [5.74, 6) is 2.52. The van der Waals surface area contributed by atoms with Crippen LogP contribution in [0.25, 0.3) is 0 Å². The van der Waals surface area contributed by atoms with Crippen molar-refractivity contribution >= 4 is 35.0 Å². The average Bonchev–Trinajstić information content (AvgIpc) is 2.34. The molecule has 94 valence electrons. The molecule has 2 rings (SSSR count). The molecular weight excluding hydrogens is 273 g/mol. The van der Waals surface area contributed by atoms with Gasteiger partial charge < -0.3 is 5.32 Å². The third-order valence-corrected chi connectivity index (χ3v) is 5.04. The molecule has 1 aliphatic rings. The Morgan fingerprint density at radius 2 is 2.18 bits per heavy atom. The molecule has 0 radical (unpaired) electrons. The lowest BCUT2D eigenvalue weighted by Crippen LogP contribution is -2.35.